The lowest BCUT2D eigenvalue weighted by Gasteiger charge is -2.06. The van der Waals surface area contributed by atoms with E-state index in [0.29, 0.717) is 29.3 Å². The molecule has 0 spiro atoms. The molecule has 0 fully saturated rings. The Morgan fingerprint density at radius 1 is 1.50 bits per heavy atom. The predicted octanol–water partition coefficient (Wildman–Crippen LogP) is 0.952. The van der Waals surface area contributed by atoms with Crippen molar-refractivity contribution in [1.82, 2.24) is 9.78 Å². The Hall–Kier alpha value is -2.50. The number of nitrogens with two attached hydrogens (primary N) is 2. The van der Waals surface area contributed by atoms with Gasteiger partial charge < -0.3 is 16.2 Å². The van der Waals surface area contributed by atoms with Gasteiger partial charge in [0, 0.05) is 5.56 Å². The van der Waals surface area contributed by atoms with Crippen molar-refractivity contribution in [3.8, 4) is 11.4 Å². The molecule has 1 heterocycles. The number of carbonyl (C=O) groups excluding carboxylic acids is 1. The lowest BCUT2D eigenvalue weighted by molar-refractivity contribution is 0.100. The molecule has 0 aliphatic heterocycles. The van der Waals surface area contributed by atoms with Crippen LogP contribution in [0.25, 0.3) is 5.69 Å². The fourth-order valence-electron chi connectivity index (χ4n) is 1.60. The average molecular weight is 246 g/mol. The highest BCUT2D eigenvalue weighted by molar-refractivity contribution is 5.94. The van der Waals surface area contributed by atoms with Gasteiger partial charge in [-0.2, -0.15) is 5.10 Å². The highest BCUT2D eigenvalue weighted by atomic mass is 16.5. The smallest absolute Gasteiger partial charge is 0.248 e. The van der Waals surface area contributed by atoms with Crippen LogP contribution in [-0.2, 0) is 0 Å². The topological polar surface area (TPSA) is 96.2 Å². The van der Waals surface area contributed by atoms with E-state index in [1.807, 2.05) is 6.92 Å². The van der Waals surface area contributed by atoms with Crippen LogP contribution in [-0.4, -0.2) is 22.3 Å². The third-order valence-electron chi connectivity index (χ3n) is 2.43. The first-order chi connectivity index (χ1) is 8.61. The molecule has 6 heteroatoms. The first kappa shape index (κ1) is 12.0. The Morgan fingerprint density at radius 2 is 2.28 bits per heavy atom. The number of hydrogen-bond acceptors (Lipinski definition) is 4. The Bertz CT molecular complexity index is 577. The molecular weight excluding hydrogens is 232 g/mol. The van der Waals surface area contributed by atoms with Gasteiger partial charge in [0.25, 0.3) is 0 Å². The molecule has 1 aromatic carbocycles. The van der Waals surface area contributed by atoms with Crippen molar-refractivity contribution in [2.24, 2.45) is 5.73 Å². The molecule has 6 nitrogen and oxygen atoms in total. The Morgan fingerprint density at radius 3 is 2.89 bits per heavy atom. The highest BCUT2D eigenvalue weighted by Gasteiger charge is 2.08. The van der Waals surface area contributed by atoms with Gasteiger partial charge in [0.2, 0.25) is 5.91 Å². The maximum Gasteiger partial charge on any atom is 0.248 e. The standard InChI is InChI=1S/C12H14N4O2/c1-2-18-9-6-15-16(7-9)11-4-3-8(12(14)17)5-10(11)13/h3-7H,2,13H2,1H3,(H2,14,17). The molecule has 0 aliphatic rings. The van der Waals surface area contributed by atoms with Crippen molar-refractivity contribution < 1.29 is 9.53 Å². The lowest BCUT2D eigenvalue weighted by Crippen LogP contribution is -2.12. The monoisotopic (exact) mass is 246 g/mol. The van der Waals surface area contributed by atoms with E-state index in [4.69, 9.17) is 16.2 Å². The lowest BCUT2D eigenvalue weighted by atomic mass is 10.1. The SMILES string of the molecule is CCOc1cnn(-c2ccc(C(N)=O)cc2N)c1. The number of carbonyl (C=O) groups is 1. The Labute approximate surface area is 104 Å². The zero-order valence-electron chi connectivity index (χ0n) is 9.96. The molecule has 94 valence electrons. The third kappa shape index (κ3) is 2.27. The number of anilines is 1. The summed E-state index contributed by atoms with van der Waals surface area (Å²) < 4.78 is 6.90. The van der Waals surface area contributed by atoms with Gasteiger partial charge in [0.05, 0.1) is 30.4 Å². The van der Waals surface area contributed by atoms with Crippen molar-refractivity contribution in [2.45, 2.75) is 6.92 Å². The number of ether oxygens (including phenoxy) is 1. The van der Waals surface area contributed by atoms with Gasteiger partial charge in [-0.15, -0.1) is 0 Å². The summed E-state index contributed by atoms with van der Waals surface area (Å²) in [5, 5.41) is 4.14. The number of benzene rings is 1. The maximum absolute atomic E-state index is 11.0. The second kappa shape index (κ2) is 4.79. The second-order valence-corrected chi connectivity index (χ2v) is 3.69. The molecule has 2 rings (SSSR count). The first-order valence-corrected chi connectivity index (χ1v) is 5.49. The molecule has 18 heavy (non-hydrogen) atoms. The van der Waals surface area contributed by atoms with Crippen LogP contribution < -0.4 is 16.2 Å². The summed E-state index contributed by atoms with van der Waals surface area (Å²) in [5.74, 6) is 0.152. The van der Waals surface area contributed by atoms with Crippen LogP contribution in [0.5, 0.6) is 5.75 Å². The van der Waals surface area contributed by atoms with Crippen LogP contribution in [0, 0.1) is 0 Å². The van der Waals surface area contributed by atoms with E-state index in [1.54, 1.807) is 29.2 Å². The van der Waals surface area contributed by atoms with E-state index in [-0.39, 0.29) is 0 Å². The van der Waals surface area contributed by atoms with E-state index in [1.165, 1.54) is 6.07 Å². The number of amides is 1. The summed E-state index contributed by atoms with van der Waals surface area (Å²) in [7, 11) is 0. The van der Waals surface area contributed by atoms with Crippen molar-refractivity contribution in [3.05, 3.63) is 36.2 Å². The van der Waals surface area contributed by atoms with Crippen molar-refractivity contribution in [2.75, 3.05) is 12.3 Å². The minimum absolute atomic E-state index is 0.369. The molecule has 1 aromatic heterocycles. The van der Waals surface area contributed by atoms with E-state index < -0.39 is 5.91 Å². The average Bonchev–Trinajstić information content (AvgIpc) is 2.77. The highest BCUT2D eigenvalue weighted by Crippen LogP contribution is 2.20. The first-order valence-electron chi connectivity index (χ1n) is 5.49. The summed E-state index contributed by atoms with van der Waals surface area (Å²) in [6, 6.07) is 4.83. The van der Waals surface area contributed by atoms with Gasteiger partial charge in [-0.1, -0.05) is 0 Å². The van der Waals surface area contributed by atoms with Crippen molar-refractivity contribution in [1.29, 1.82) is 0 Å². The summed E-state index contributed by atoms with van der Waals surface area (Å²) >= 11 is 0. The van der Waals surface area contributed by atoms with Crippen molar-refractivity contribution in [3.63, 3.8) is 0 Å². The van der Waals surface area contributed by atoms with E-state index in [9.17, 15) is 4.79 Å². The zero-order valence-corrected chi connectivity index (χ0v) is 9.96. The molecule has 0 unspecified atom stereocenters. The summed E-state index contributed by atoms with van der Waals surface area (Å²) in [6.07, 6.45) is 3.32. The maximum atomic E-state index is 11.0. The van der Waals surface area contributed by atoms with E-state index in [2.05, 4.69) is 5.10 Å². The Balaban J connectivity index is 2.35. The molecule has 4 N–H and O–H groups in total. The van der Waals surface area contributed by atoms with E-state index in [0.717, 1.165) is 0 Å². The second-order valence-electron chi connectivity index (χ2n) is 3.69. The number of primary amides is 1. The fraction of sp³-hybridized carbons (Fsp3) is 0.167. The number of hydrogen-bond donors (Lipinski definition) is 2. The number of nitrogens with zero attached hydrogens (tertiary/aromatic N) is 2. The van der Waals surface area contributed by atoms with Gasteiger partial charge in [0.1, 0.15) is 0 Å². The molecule has 0 aliphatic carbocycles. The quantitative estimate of drug-likeness (QED) is 0.785. The normalized spacial score (nSPS) is 10.3. The van der Waals surface area contributed by atoms with Gasteiger partial charge >= 0.3 is 0 Å². The van der Waals surface area contributed by atoms with Gasteiger partial charge in [0.15, 0.2) is 5.75 Å². The largest absolute Gasteiger partial charge is 0.491 e. The number of rotatable bonds is 4. The molecule has 0 bridgehead atoms. The molecule has 0 saturated carbocycles. The molecule has 0 saturated heterocycles. The summed E-state index contributed by atoms with van der Waals surface area (Å²) in [4.78, 5) is 11.0. The van der Waals surface area contributed by atoms with E-state index >= 15 is 0 Å². The zero-order chi connectivity index (χ0) is 13.1. The number of nitrogen functional groups attached to an aromatic ring is 1. The third-order valence-corrected chi connectivity index (χ3v) is 2.43. The van der Waals surface area contributed by atoms with Crippen LogP contribution in [0.2, 0.25) is 0 Å². The minimum atomic E-state index is -0.510. The summed E-state index contributed by atoms with van der Waals surface area (Å²) in [6.45, 7) is 2.47. The van der Waals surface area contributed by atoms with Crippen LogP contribution in [0.4, 0.5) is 5.69 Å². The van der Waals surface area contributed by atoms with Crippen LogP contribution in [0.15, 0.2) is 30.6 Å². The molecule has 0 atom stereocenters. The van der Waals surface area contributed by atoms with Crippen molar-refractivity contribution >= 4 is 11.6 Å². The Kier molecular flexibility index (Phi) is 3.18. The molecule has 2 aromatic rings. The van der Waals surface area contributed by atoms with Gasteiger partial charge in [-0.3, -0.25) is 4.79 Å². The summed E-state index contributed by atoms with van der Waals surface area (Å²) in [5.41, 5.74) is 12.5. The molecule has 0 radical (unpaired) electrons. The van der Waals surface area contributed by atoms with Crippen LogP contribution in [0.1, 0.15) is 17.3 Å². The van der Waals surface area contributed by atoms with Crippen LogP contribution in [0.3, 0.4) is 0 Å². The number of aromatic nitrogens is 2. The van der Waals surface area contributed by atoms with Crippen LogP contribution >= 0.6 is 0 Å². The fourth-order valence-corrected chi connectivity index (χ4v) is 1.60. The van der Waals surface area contributed by atoms with Gasteiger partial charge in [-0.05, 0) is 25.1 Å². The minimum Gasteiger partial charge on any atom is -0.491 e. The molecular formula is C12H14N4O2. The predicted molar refractivity (Wildman–Crippen MR) is 67.7 cm³/mol. The molecule has 1 amide bonds. The van der Waals surface area contributed by atoms with Gasteiger partial charge in [-0.25, -0.2) is 4.68 Å².